The van der Waals surface area contributed by atoms with E-state index >= 15 is 0 Å². The van der Waals surface area contributed by atoms with Crippen molar-refractivity contribution in [1.82, 2.24) is 19.9 Å². The van der Waals surface area contributed by atoms with Crippen molar-refractivity contribution in [1.29, 1.82) is 0 Å². The fraction of sp³-hybridized carbons (Fsp3) is 0.417. The predicted molar refractivity (Wildman–Crippen MR) is 68.9 cm³/mol. The lowest BCUT2D eigenvalue weighted by Crippen LogP contribution is -2.20. The average molecular weight is 248 g/mol. The minimum absolute atomic E-state index is 0.148. The molecule has 0 fully saturated rings. The number of aryl methyl sites for hydroxylation is 1. The van der Waals surface area contributed by atoms with Gasteiger partial charge in [-0.05, 0) is 20.0 Å². The minimum atomic E-state index is -0.148. The number of rotatable bonds is 5. The van der Waals surface area contributed by atoms with Gasteiger partial charge in [-0.2, -0.15) is 4.98 Å². The van der Waals surface area contributed by atoms with Gasteiger partial charge in [0.15, 0.2) is 5.65 Å². The zero-order chi connectivity index (χ0) is 13.0. The summed E-state index contributed by atoms with van der Waals surface area (Å²) >= 11 is 0. The number of likely N-dealkylation sites (N-methyl/N-ethyl adjacent to an activating group) is 1. The Morgan fingerprint density at radius 2 is 2.28 bits per heavy atom. The summed E-state index contributed by atoms with van der Waals surface area (Å²) in [5, 5.41) is 2.99. The molecule has 0 bridgehead atoms. The Bertz CT molecular complexity index is 594. The highest BCUT2D eigenvalue weighted by Gasteiger charge is 2.06. The van der Waals surface area contributed by atoms with Crippen LogP contribution in [-0.4, -0.2) is 34.7 Å². The molecule has 0 radical (unpaired) electrons. The summed E-state index contributed by atoms with van der Waals surface area (Å²) in [7, 11) is 1.86. The topological polar surface area (TPSA) is 69.0 Å². The summed E-state index contributed by atoms with van der Waals surface area (Å²) < 4.78 is 7.05. The summed E-state index contributed by atoms with van der Waals surface area (Å²) in [6.45, 7) is 3.74. The lowest BCUT2D eigenvalue weighted by atomic mass is 10.4. The van der Waals surface area contributed by atoms with E-state index < -0.39 is 0 Å². The molecule has 2 rings (SSSR count). The van der Waals surface area contributed by atoms with Gasteiger partial charge in [0.25, 0.3) is 5.56 Å². The highest BCUT2D eigenvalue weighted by atomic mass is 16.5. The SMILES string of the molecule is CCn1c(=O)cnc2ccc(OCCNC)nc21. The number of pyridine rings is 1. The van der Waals surface area contributed by atoms with Gasteiger partial charge in [0, 0.05) is 19.2 Å². The molecular formula is C12H16N4O2. The van der Waals surface area contributed by atoms with E-state index in [0.29, 0.717) is 30.2 Å². The molecule has 0 saturated heterocycles. The molecule has 0 aromatic carbocycles. The van der Waals surface area contributed by atoms with Crippen molar-refractivity contribution in [3.8, 4) is 5.88 Å². The first-order chi connectivity index (χ1) is 8.76. The second-order valence-corrected chi connectivity index (χ2v) is 3.78. The van der Waals surface area contributed by atoms with Crippen LogP contribution in [0.3, 0.4) is 0 Å². The lowest BCUT2D eigenvalue weighted by molar-refractivity contribution is 0.307. The quantitative estimate of drug-likeness (QED) is 0.776. The first-order valence-electron chi connectivity index (χ1n) is 5.90. The second kappa shape index (κ2) is 5.59. The molecule has 0 amide bonds. The summed E-state index contributed by atoms with van der Waals surface area (Å²) in [4.78, 5) is 20.0. The first-order valence-corrected chi connectivity index (χ1v) is 5.90. The fourth-order valence-electron chi connectivity index (χ4n) is 1.67. The number of fused-ring (bicyclic) bond motifs is 1. The lowest BCUT2D eigenvalue weighted by Gasteiger charge is -2.08. The van der Waals surface area contributed by atoms with E-state index in [2.05, 4.69) is 15.3 Å². The minimum Gasteiger partial charge on any atom is -0.476 e. The van der Waals surface area contributed by atoms with Gasteiger partial charge in [-0.25, -0.2) is 4.98 Å². The van der Waals surface area contributed by atoms with Gasteiger partial charge in [0.2, 0.25) is 5.88 Å². The Labute approximate surface area is 105 Å². The molecular weight excluding hydrogens is 232 g/mol. The molecule has 1 N–H and O–H groups in total. The van der Waals surface area contributed by atoms with E-state index in [0.717, 1.165) is 6.54 Å². The molecule has 2 aromatic rings. The largest absolute Gasteiger partial charge is 0.476 e. The van der Waals surface area contributed by atoms with Gasteiger partial charge in [0.05, 0.1) is 6.20 Å². The normalized spacial score (nSPS) is 10.8. The van der Waals surface area contributed by atoms with Crippen LogP contribution in [0.15, 0.2) is 23.1 Å². The van der Waals surface area contributed by atoms with Crippen molar-refractivity contribution in [2.24, 2.45) is 0 Å². The predicted octanol–water partition coefficient (Wildman–Crippen LogP) is 0.410. The standard InChI is InChI=1S/C12H16N4O2/c1-3-16-11(17)8-14-9-4-5-10(15-12(9)16)18-7-6-13-2/h4-5,8,13H,3,6-7H2,1-2H3. The van der Waals surface area contributed by atoms with E-state index in [1.165, 1.54) is 6.20 Å². The van der Waals surface area contributed by atoms with E-state index in [9.17, 15) is 4.79 Å². The van der Waals surface area contributed by atoms with Crippen molar-refractivity contribution in [3.05, 3.63) is 28.7 Å². The van der Waals surface area contributed by atoms with Crippen LogP contribution in [0.2, 0.25) is 0 Å². The Balaban J connectivity index is 2.39. The van der Waals surface area contributed by atoms with E-state index in [1.54, 1.807) is 10.6 Å². The maximum atomic E-state index is 11.6. The molecule has 0 spiro atoms. The van der Waals surface area contributed by atoms with Crippen LogP contribution in [0.4, 0.5) is 0 Å². The Kier molecular flexibility index (Phi) is 3.88. The van der Waals surface area contributed by atoms with Crippen LogP contribution in [0.25, 0.3) is 11.2 Å². The van der Waals surface area contributed by atoms with E-state index in [4.69, 9.17) is 4.74 Å². The molecule has 0 atom stereocenters. The van der Waals surface area contributed by atoms with Crippen LogP contribution in [0, 0.1) is 0 Å². The number of hydrogen-bond donors (Lipinski definition) is 1. The number of nitrogens with zero attached hydrogens (tertiary/aromatic N) is 3. The van der Waals surface area contributed by atoms with Gasteiger partial charge >= 0.3 is 0 Å². The maximum absolute atomic E-state index is 11.6. The number of nitrogens with one attached hydrogen (secondary N) is 1. The molecule has 6 heteroatoms. The summed E-state index contributed by atoms with van der Waals surface area (Å²) in [6, 6.07) is 3.57. The molecule has 0 aliphatic rings. The molecule has 0 unspecified atom stereocenters. The molecule has 96 valence electrons. The van der Waals surface area contributed by atoms with E-state index in [-0.39, 0.29) is 5.56 Å². The Hall–Kier alpha value is -1.95. The zero-order valence-electron chi connectivity index (χ0n) is 10.5. The van der Waals surface area contributed by atoms with Gasteiger partial charge in [-0.1, -0.05) is 0 Å². The second-order valence-electron chi connectivity index (χ2n) is 3.78. The summed E-state index contributed by atoms with van der Waals surface area (Å²) in [5.74, 6) is 0.507. The van der Waals surface area contributed by atoms with Gasteiger partial charge in [0.1, 0.15) is 12.1 Å². The maximum Gasteiger partial charge on any atom is 0.270 e. The number of ether oxygens (including phenoxy) is 1. The Morgan fingerprint density at radius 3 is 3.00 bits per heavy atom. The third-order valence-corrected chi connectivity index (χ3v) is 2.58. The van der Waals surface area contributed by atoms with Crippen LogP contribution in [-0.2, 0) is 6.54 Å². The average Bonchev–Trinajstić information content (AvgIpc) is 2.39. The van der Waals surface area contributed by atoms with Gasteiger partial charge in [-0.3, -0.25) is 9.36 Å². The molecule has 0 aliphatic carbocycles. The van der Waals surface area contributed by atoms with Crippen molar-refractivity contribution >= 4 is 11.2 Å². The molecule has 18 heavy (non-hydrogen) atoms. The van der Waals surface area contributed by atoms with Gasteiger partial charge in [-0.15, -0.1) is 0 Å². The Morgan fingerprint density at radius 1 is 1.44 bits per heavy atom. The number of aromatic nitrogens is 3. The first kappa shape index (κ1) is 12.5. The third kappa shape index (κ3) is 2.48. The van der Waals surface area contributed by atoms with Crippen molar-refractivity contribution in [3.63, 3.8) is 0 Å². The van der Waals surface area contributed by atoms with Gasteiger partial charge < -0.3 is 10.1 Å². The zero-order valence-corrected chi connectivity index (χ0v) is 10.5. The van der Waals surface area contributed by atoms with E-state index in [1.807, 2.05) is 20.0 Å². The molecule has 2 aromatic heterocycles. The number of hydrogen-bond acceptors (Lipinski definition) is 5. The van der Waals surface area contributed by atoms with Crippen LogP contribution in [0.5, 0.6) is 5.88 Å². The summed E-state index contributed by atoms with van der Waals surface area (Å²) in [5.41, 5.74) is 1.11. The monoisotopic (exact) mass is 248 g/mol. The smallest absolute Gasteiger partial charge is 0.270 e. The highest BCUT2D eigenvalue weighted by molar-refractivity contribution is 5.70. The molecule has 2 heterocycles. The fourth-order valence-corrected chi connectivity index (χ4v) is 1.67. The third-order valence-electron chi connectivity index (χ3n) is 2.58. The highest BCUT2D eigenvalue weighted by Crippen LogP contribution is 2.13. The van der Waals surface area contributed by atoms with Crippen molar-refractivity contribution in [2.75, 3.05) is 20.2 Å². The molecule has 6 nitrogen and oxygen atoms in total. The van der Waals surface area contributed by atoms with Crippen molar-refractivity contribution < 1.29 is 4.74 Å². The van der Waals surface area contributed by atoms with Crippen molar-refractivity contribution in [2.45, 2.75) is 13.5 Å². The van der Waals surface area contributed by atoms with Crippen LogP contribution in [0.1, 0.15) is 6.92 Å². The molecule has 0 saturated carbocycles. The van der Waals surface area contributed by atoms with Crippen LogP contribution >= 0.6 is 0 Å². The summed E-state index contributed by atoms with van der Waals surface area (Å²) in [6.07, 6.45) is 1.31. The van der Waals surface area contributed by atoms with Crippen LogP contribution < -0.4 is 15.6 Å². The molecule has 0 aliphatic heterocycles.